The second-order valence-electron chi connectivity index (χ2n) is 6.42. The first-order valence-corrected chi connectivity index (χ1v) is 9.45. The van der Waals surface area contributed by atoms with Crippen LogP contribution in [0.1, 0.15) is 18.1 Å². The van der Waals surface area contributed by atoms with E-state index >= 15 is 0 Å². The summed E-state index contributed by atoms with van der Waals surface area (Å²) in [5.41, 5.74) is 2.73. The molecule has 0 saturated carbocycles. The van der Waals surface area contributed by atoms with E-state index in [9.17, 15) is 9.59 Å². The lowest BCUT2D eigenvalue weighted by Gasteiger charge is -2.26. The Morgan fingerprint density at radius 2 is 2.00 bits per heavy atom. The van der Waals surface area contributed by atoms with E-state index in [1.165, 1.54) is 11.1 Å². The lowest BCUT2D eigenvalue weighted by atomic mass is 10.1. The third kappa shape index (κ3) is 4.51. The van der Waals surface area contributed by atoms with Gasteiger partial charge in [0, 0.05) is 31.5 Å². The van der Waals surface area contributed by atoms with Crippen LogP contribution >= 0.6 is 11.8 Å². The summed E-state index contributed by atoms with van der Waals surface area (Å²) in [6.45, 7) is 4.99. The van der Waals surface area contributed by atoms with Crippen LogP contribution in [0.3, 0.4) is 0 Å². The molecule has 0 radical (unpaired) electrons. The summed E-state index contributed by atoms with van der Waals surface area (Å²) in [5, 5.41) is 2.91. The van der Waals surface area contributed by atoms with Crippen molar-refractivity contribution in [3.63, 3.8) is 0 Å². The number of fused-ring (bicyclic) bond motifs is 1. The van der Waals surface area contributed by atoms with Crippen molar-refractivity contribution < 1.29 is 14.3 Å². The fourth-order valence-electron chi connectivity index (χ4n) is 3.26. The fraction of sp³-hybridized carbons (Fsp3) is 0.556. The predicted molar refractivity (Wildman–Crippen MR) is 94.1 cm³/mol. The van der Waals surface area contributed by atoms with Crippen LogP contribution in [0.15, 0.2) is 23.1 Å². The molecule has 3 rings (SSSR count). The zero-order valence-electron chi connectivity index (χ0n) is 14.0. The number of thioether (sulfide) groups is 1. The maximum Gasteiger partial charge on any atom is 0.233 e. The smallest absolute Gasteiger partial charge is 0.233 e. The van der Waals surface area contributed by atoms with E-state index in [1.54, 1.807) is 18.7 Å². The van der Waals surface area contributed by atoms with E-state index < -0.39 is 0 Å². The maximum absolute atomic E-state index is 12.2. The van der Waals surface area contributed by atoms with Gasteiger partial charge in [0.05, 0.1) is 19.0 Å². The molecule has 24 heavy (non-hydrogen) atoms. The van der Waals surface area contributed by atoms with Gasteiger partial charge in [0.2, 0.25) is 11.8 Å². The number of morpholine rings is 1. The molecule has 1 heterocycles. The molecule has 1 aromatic rings. The van der Waals surface area contributed by atoms with E-state index in [0.717, 1.165) is 24.3 Å². The van der Waals surface area contributed by atoms with Crippen molar-refractivity contribution >= 4 is 23.6 Å². The lowest BCUT2D eigenvalue weighted by Crippen LogP contribution is -2.41. The monoisotopic (exact) mass is 348 g/mol. The van der Waals surface area contributed by atoms with Crippen molar-refractivity contribution in [2.45, 2.75) is 24.7 Å². The van der Waals surface area contributed by atoms with Gasteiger partial charge in [0.1, 0.15) is 0 Å². The van der Waals surface area contributed by atoms with E-state index in [-0.39, 0.29) is 11.8 Å². The van der Waals surface area contributed by atoms with E-state index in [2.05, 4.69) is 23.5 Å². The first-order valence-electron chi connectivity index (χ1n) is 8.46. The summed E-state index contributed by atoms with van der Waals surface area (Å²) in [6, 6.07) is 6.49. The van der Waals surface area contributed by atoms with Gasteiger partial charge in [-0.25, -0.2) is 0 Å². The van der Waals surface area contributed by atoms with Crippen molar-refractivity contribution in [3.05, 3.63) is 29.3 Å². The molecule has 1 aliphatic heterocycles. The average Bonchev–Trinajstić information content (AvgIpc) is 3.00. The van der Waals surface area contributed by atoms with Crippen LogP contribution in [0.2, 0.25) is 0 Å². The van der Waals surface area contributed by atoms with Crippen molar-refractivity contribution in [1.82, 2.24) is 10.2 Å². The van der Waals surface area contributed by atoms with E-state index in [0.29, 0.717) is 38.0 Å². The lowest BCUT2D eigenvalue weighted by molar-refractivity contribution is -0.132. The molecule has 1 N–H and O–H groups in total. The van der Waals surface area contributed by atoms with E-state index in [1.807, 2.05) is 4.90 Å². The molecule has 1 fully saturated rings. The summed E-state index contributed by atoms with van der Waals surface area (Å²) in [6.07, 6.45) is 2.02. The predicted octanol–water partition coefficient (Wildman–Crippen LogP) is 1.49. The molecule has 0 aromatic heterocycles. The van der Waals surface area contributed by atoms with Gasteiger partial charge in [-0.1, -0.05) is 6.07 Å². The van der Waals surface area contributed by atoms with Gasteiger partial charge in [-0.2, -0.15) is 0 Å². The SMILES string of the molecule is CC(=O)NCC1Cc2ccc(SCC(=O)N3CCOCC3)cc2C1. The van der Waals surface area contributed by atoms with Crippen LogP contribution in [0.25, 0.3) is 0 Å². The van der Waals surface area contributed by atoms with E-state index in [4.69, 9.17) is 4.74 Å². The Morgan fingerprint density at radius 3 is 2.75 bits per heavy atom. The molecule has 1 unspecified atom stereocenters. The highest BCUT2D eigenvalue weighted by Crippen LogP contribution is 2.30. The average molecular weight is 348 g/mol. The van der Waals surface area contributed by atoms with Crippen molar-refractivity contribution in [3.8, 4) is 0 Å². The van der Waals surface area contributed by atoms with Gasteiger partial charge in [-0.15, -0.1) is 11.8 Å². The van der Waals surface area contributed by atoms with Crippen LogP contribution in [-0.2, 0) is 27.2 Å². The summed E-state index contributed by atoms with van der Waals surface area (Å²) in [4.78, 5) is 26.3. The minimum atomic E-state index is 0.0313. The maximum atomic E-state index is 12.2. The zero-order valence-corrected chi connectivity index (χ0v) is 14.9. The number of carbonyl (C=O) groups is 2. The molecule has 2 aliphatic rings. The second kappa shape index (κ2) is 8.03. The van der Waals surface area contributed by atoms with Gasteiger partial charge >= 0.3 is 0 Å². The third-order valence-corrected chi connectivity index (χ3v) is 5.54. The highest BCUT2D eigenvalue weighted by Gasteiger charge is 2.22. The van der Waals surface area contributed by atoms with Crippen LogP contribution < -0.4 is 5.32 Å². The van der Waals surface area contributed by atoms with Gasteiger partial charge in [0.25, 0.3) is 0 Å². The number of hydrogen-bond acceptors (Lipinski definition) is 4. The largest absolute Gasteiger partial charge is 0.378 e. The van der Waals surface area contributed by atoms with Crippen LogP contribution in [0.4, 0.5) is 0 Å². The Morgan fingerprint density at radius 1 is 1.25 bits per heavy atom. The first-order chi connectivity index (χ1) is 11.6. The van der Waals surface area contributed by atoms with Crippen LogP contribution in [0, 0.1) is 5.92 Å². The molecule has 1 saturated heterocycles. The Bertz CT molecular complexity index is 614. The molecule has 1 aliphatic carbocycles. The van der Waals surface area contributed by atoms with Gasteiger partial charge in [0.15, 0.2) is 0 Å². The number of benzene rings is 1. The third-order valence-electron chi connectivity index (χ3n) is 4.56. The number of carbonyl (C=O) groups excluding carboxylic acids is 2. The standard InChI is InChI=1S/C18H24N2O3S/c1-13(21)19-11-14-8-15-2-3-17(10-16(15)9-14)24-12-18(22)20-4-6-23-7-5-20/h2-3,10,14H,4-9,11-12H2,1H3,(H,19,21). The normalized spacial score (nSPS) is 19.9. The van der Waals surface area contributed by atoms with Gasteiger partial charge in [-0.3, -0.25) is 9.59 Å². The minimum Gasteiger partial charge on any atom is -0.378 e. The van der Waals surface area contributed by atoms with Crippen molar-refractivity contribution in [1.29, 1.82) is 0 Å². The first kappa shape index (κ1) is 17.3. The summed E-state index contributed by atoms with van der Waals surface area (Å²) >= 11 is 1.61. The van der Waals surface area contributed by atoms with Crippen LogP contribution in [0.5, 0.6) is 0 Å². The topological polar surface area (TPSA) is 58.6 Å². The molecule has 1 aromatic carbocycles. The quantitative estimate of drug-likeness (QED) is 0.819. The molecule has 130 valence electrons. The Kier molecular flexibility index (Phi) is 5.79. The summed E-state index contributed by atoms with van der Waals surface area (Å²) in [7, 11) is 0. The Balaban J connectivity index is 1.51. The number of amides is 2. The van der Waals surface area contributed by atoms with Gasteiger partial charge < -0.3 is 15.0 Å². The molecule has 1 atom stereocenters. The Hall–Kier alpha value is -1.53. The fourth-order valence-corrected chi connectivity index (χ4v) is 4.12. The summed E-state index contributed by atoms with van der Waals surface area (Å²) in [5.74, 6) is 1.18. The molecule has 0 bridgehead atoms. The molecular weight excluding hydrogens is 324 g/mol. The molecular formula is C18H24N2O3S. The van der Waals surface area contributed by atoms with Crippen molar-refractivity contribution in [2.75, 3.05) is 38.6 Å². The zero-order chi connectivity index (χ0) is 16.9. The van der Waals surface area contributed by atoms with Crippen molar-refractivity contribution in [2.24, 2.45) is 5.92 Å². The summed E-state index contributed by atoms with van der Waals surface area (Å²) < 4.78 is 5.28. The highest BCUT2D eigenvalue weighted by molar-refractivity contribution is 8.00. The number of rotatable bonds is 5. The molecule has 5 nitrogen and oxygen atoms in total. The molecule has 0 spiro atoms. The van der Waals surface area contributed by atoms with Gasteiger partial charge in [-0.05, 0) is 42.0 Å². The number of nitrogens with zero attached hydrogens (tertiary/aromatic N) is 1. The second-order valence-corrected chi connectivity index (χ2v) is 7.47. The molecule has 6 heteroatoms. The van der Waals surface area contributed by atoms with Crippen LogP contribution in [-0.4, -0.2) is 55.3 Å². The minimum absolute atomic E-state index is 0.0313. The highest BCUT2D eigenvalue weighted by atomic mass is 32.2. The number of hydrogen-bond donors (Lipinski definition) is 1. The molecule has 2 amide bonds. The Labute approximate surface area is 147 Å². The number of nitrogens with one attached hydrogen (secondary N) is 1. The number of ether oxygens (including phenoxy) is 1.